The number of H-pyrrole nitrogens is 1. The molecule has 4 aromatic rings. The molecule has 1 amide bonds. The summed E-state index contributed by atoms with van der Waals surface area (Å²) >= 11 is 0. The molecule has 4 heterocycles. The van der Waals surface area contributed by atoms with Crippen LogP contribution in [0.4, 0.5) is 22.4 Å². The summed E-state index contributed by atoms with van der Waals surface area (Å²) in [6.45, 7) is 13.6. The Kier molecular flexibility index (Phi) is 8.07. The fraction of sp³-hybridized carbons (Fsp3) is 0.433. The number of hydrogen-bond donors (Lipinski definition) is 2. The van der Waals surface area contributed by atoms with Crippen molar-refractivity contribution in [1.82, 2.24) is 34.7 Å². The van der Waals surface area contributed by atoms with E-state index in [-0.39, 0.29) is 6.09 Å². The van der Waals surface area contributed by atoms with Gasteiger partial charge < -0.3 is 24.8 Å². The highest BCUT2D eigenvalue weighted by Crippen LogP contribution is 2.26. The van der Waals surface area contributed by atoms with Crippen molar-refractivity contribution >= 4 is 34.7 Å². The number of fused-ring (bicyclic) bond motifs is 1. The summed E-state index contributed by atoms with van der Waals surface area (Å²) in [5.41, 5.74) is 4.25. The van der Waals surface area contributed by atoms with Crippen LogP contribution in [-0.2, 0) is 11.3 Å². The third-order valence-electron chi connectivity index (χ3n) is 7.07. The van der Waals surface area contributed by atoms with Crippen LogP contribution in [0.25, 0.3) is 22.3 Å². The van der Waals surface area contributed by atoms with Crippen LogP contribution in [-0.4, -0.2) is 85.7 Å². The van der Waals surface area contributed by atoms with E-state index in [1.54, 1.807) is 17.4 Å². The van der Waals surface area contributed by atoms with Crippen LogP contribution in [0, 0.1) is 0 Å². The third kappa shape index (κ3) is 7.10. The van der Waals surface area contributed by atoms with Crippen LogP contribution in [0.5, 0.6) is 0 Å². The zero-order valence-electron chi connectivity index (χ0n) is 24.7. The van der Waals surface area contributed by atoms with Gasteiger partial charge in [0.05, 0.1) is 16.7 Å². The van der Waals surface area contributed by atoms with Crippen LogP contribution < -0.4 is 10.2 Å². The normalized spacial score (nSPS) is 14.5. The fourth-order valence-corrected chi connectivity index (χ4v) is 4.63. The Bertz CT molecular complexity index is 1500. The van der Waals surface area contributed by atoms with Gasteiger partial charge in [-0.15, -0.1) is 0 Å². The first-order valence-corrected chi connectivity index (χ1v) is 14.0. The summed E-state index contributed by atoms with van der Waals surface area (Å²) in [6, 6.07) is 12.5. The Hall–Kier alpha value is -4.25. The number of ether oxygens (including phenoxy) is 1. The SMILES string of the molecule is CC(C)N(C)c1cc(-c2ccc3nc(Nc4cc(CN5CCN(C(=O)OC(C)(C)C)CC5)ccn4)[nH]c3c2)ncn1. The van der Waals surface area contributed by atoms with Gasteiger partial charge in [-0.05, 0) is 64.4 Å². The fourth-order valence-electron chi connectivity index (χ4n) is 4.63. The number of imidazole rings is 1. The summed E-state index contributed by atoms with van der Waals surface area (Å²) in [7, 11) is 2.03. The highest BCUT2D eigenvalue weighted by Gasteiger charge is 2.26. The molecule has 0 saturated carbocycles. The molecule has 11 nitrogen and oxygen atoms in total. The van der Waals surface area contributed by atoms with Crippen molar-refractivity contribution in [2.45, 2.75) is 52.8 Å². The van der Waals surface area contributed by atoms with Gasteiger partial charge in [0, 0.05) is 63.6 Å². The molecule has 11 heteroatoms. The van der Waals surface area contributed by atoms with Crippen molar-refractivity contribution in [1.29, 1.82) is 0 Å². The number of pyridine rings is 1. The summed E-state index contributed by atoms with van der Waals surface area (Å²) in [5.74, 6) is 2.22. The van der Waals surface area contributed by atoms with E-state index in [9.17, 15) is 4.79 Å². The predicted molar refractivity (Wildman–Crippen MR) is 161 cm³/mol. The monoisotopic (exact) mass is 557 g/mol. The Balaban J connectivity index is 1.22. The highest BCUT2D eigenvalue weighted by atomic mass is 16.6. The number of anilines is 3. The molecule has 5 rings (SSSR count). The van der Waals surface area contributed by atoms with E-state index in [0.717, 1.165) is 53.3 Å². The average molecular weight is 558 g/mol. The van der Waals surface area contributed by atoms with Crippen LogP contribution >= 0.6 is 0 Å². The summed E-state index contributed by atoms with van der Waals surface area (Å²) in [6.07, 6.45) is 3.16. The molecular formula is C30H39N9O2. The lowest BCUT2D eigenvalue weighted by Crippen LogP contribution is -2.49. The van der Waals surface area contributed by atoms with Crippen LogP contribution in [0.3, 0.4) is 0 Å². The van der Waals surface area contributed by atoms with Gasteiger partial charge >= 0.3 is 6.09 Å². The van der Waals surface area contributed by atoms with Gasteiger partial charge in [0.15, 0.2) is 0 Å². The minimum atomic E-state index is -0.484. The first-order valence-electron chi connectivity index (χ1n) is 14.0. The number of amides is 1. The van der Waals surface area contributed by atoms with E-state index in [1.807, 2.05) is 58.2 Å². The number of carbonyl (C=O) groups excluding carboxylic acids is 1. The first-order chi connectivity index (χ1) is 19.5. The number of benzene rings is 1. The van der Waals surface area contributed by atoms with Crippen molar-refractivity contribution in [3.63, 3.8) is 0 Å². The number of nitrogens with zero attached hydrogens (tertiary/aromatic N) is 7. The number of aromatic nitrogens is 5. The minimum Gasteiger partial charge on any atom is -0.444 e. The number of carbonyl (C=O) groups is 1. The lowest BCUT2D eigenvalue weighted by Gasteiger charge is -2.35. The van der Waals surface area contributed by atoms with E-state index in [2.05, 4.69) is 55.0 Å². The zero-order chi connectivity index (χ0) is 29.1. The van der Waals surface area contributed by atoms with E-state index in [0.29, 0.717) is 30.9 Å². The van der Waals surface area contributed by atoms with Gasteiger partial charge in [-0.3, -0.25) is 4.90 Å². The molecular weight excluding hydrogens is 518 g/mol. The Morgan fingerprint density at radius 1 is 1.07 bits per heavy atom. The van der Waals surface area contributed by atoms with Crippen molar-refractivity contribution < 1.29 is 9.53 Å². The maximum atomic E-state index is 12.4. The van der Waals surface area contributed by atoms with Crippen LogP contribution in [0.1, 0.15) is 40.2 Å². The van der Waals surface area contributed by atoms with E-state index < -0.39 is 5.60 Å². The summed E-state index contributed by atoms with van der Waals surface area (Å²) in [5, 5.41) is 3.31. The lowest BCUT2D eigenvalue weighted by atomic mass is 10.1. The molecule has 0 spiro atoms. The predicted octanol–water partition coefficient (Wildman–Crippen LogP) is 5.06. The topological polar surface area (TPSA) is 115 Å². The summed E-state index contributed by atoms with van der Waals surface area (Å²) < 4.78 is 5.51. The number of rotatable bonds is 7. The molecule has 1 aliphatic heterocycles. The molecule has 3 aromatic heterocycles. The molecule has 0 aliphatic carbocycles. The van der Waals surface area contributed by atoms with Crippen molar-refractivity contribution in [3.8, 4) is 11.3 Å². The molecule has 0 radical (unpaired) electrons. The molecule has 0 atom stereocenters. The minimum absolute atomic E-state index is 0.244. The highest BCUT2D eigenvalue weighted by molar-refractivity contribution is 5.83. The average Bonchev–Trinajstić information content (AvgIpc) is 3.33. The largest absolute Gasteiger partial charge is 0.444 e. The molecule has 1 fully saturated rings. The van der Waals surface area contributed by atoms with Crippen LogP contribution in [0.2, 0.25) is 0 Å². The number of aromatic amines is 1. The molecule has 1 aromatic carbocycles. The molecule has 0 unspecified atom stereocenters. The Morgan fingerprint density at radius 2 is 1.85 bits per heavy atom. The van der Waals surface area contributed by atoms with Gasteiger partial charge in [0.2, 0.25) is 5.95 Å². The standard InChI is InChI=1S/C30H39N9O2/c1-20(2)37(6)27-17-24(32-19-33-27)22-7-8-23-25(16-22)35-28(34-23)36-26-15-21(9-10-31-26)18-38-11-13-39(14-12-38)29(40)41-30(3,4)5/h7-10,15-17,19-20H,11-14,18H2,1-6H3,(H2,31,34,35,36). The maximum absolute atomic E-state index is 12.4. The molecule has 0 bridgehead atoms. The second-order valence-corrected chi connectivity index (χ2v) is 11.7. The van der Waals surface area contributed by atoms with Gasteiger partial charge in [-0.25, -0.2) is 24.7 Å². The van der Waals surface area contributed by atoms with E-state index in [4.69, 9.17) is 9.72 Å². The van der Waals surface area contributed by atoms with Gasteiger partial charge in [-0.1, -0.05) is 6.07 Å². The molecule has 2 N–H and O–H groups in total. The van der Waals surface area contributed by atoms with E-state index in [1.165, 1.54) is 0 Å². The molecule has 1 saturated heterocycles. The molecule has 41 heavy (non-hydrogen) atoms. The molecule has 1 aliphatic rings. The van der Waals surface area contributed by atoms with Crippen molar-refractivity contribution in [3.05, 3.63) is 54.5 Å². The Morgan fingerprint density at radius 3 is 2.59 bits per heavy atom. The van der Waals surface area contributed by atoms with Crippen molar-refractivity contribution in [2.75, 3.05) is 43.4 Å². The third-order valence-corrected chi connectivity index (χ3v) is 7.07. The van der Waals surface area contributed by atoms with Gasteiger partial charge in [0.1, 0.15) is 23.6 Å². The number of hydrogen-bond acceptors (Lipinski definition) is 9. The van der Waals surface area contributed by atoms with Gasteiger partial charge in [0.25, 0.3) is 0 Å². The van der Waals surface area contributed by atoms with Gasteiger partial charge in [-0.2, -0.15) is 0 Å². The smallest absolute Gasteiger partial charge is 0.410 e. The summed E-state index contributed by atoms with van der Waals surface area (Å²) in [4.78, 5) is 40.1. The number of piperazine rings is 1. The Labute approximate surface area is 241 Å². The molecule has 216 valence electrons. The zero-order valence-corrected chi connectivity index (χ0v) is 24.7. The lowest BCUT2D eigenvalue weighted by molar-refractivity contribution is 0.0139. The second kappa shape index (κ2) is 11.7. The van der Waals surface area contributed by atoms with Crippen LogP contribution in [0.15, 0.2) is 48.9 Å². The first kappa shape index (κ1) is 28.3. The maximum Gasteiger partial charge on any atom is 0.410 e. The number of nitrogens with one attached hydrogen (secondary N) is 2. The van der Waals surface area contributed by atoms with E-state index >= 15 is 0 Å². The second-order valence-electron chi connectivity index (χ2n) is 11.7. The van der Waals surface area contributed by atoms with Crippen molar-refractivity contribution in [2.24, 2.45) is 0 Å². The quantitative estimate of drug-likeness (QED) is 0.322.